The quantitative estimate of drug-likeness (QED) is 0.186. The van der Waals surface area contributed by atoms with Gasteiger partial charge in [-0.2, -0.15) is 0 Å². The third kappa shape index (κ3) is 4.96. The van der Waals surface area contributed by atoms with Gasteiger partial charge in [0.05, 0.1) is 33.4 Å². The van der Waals surface area contributed by atoms with Crippen molar-refractivity contribution in [3.05, 3.63) is 176 Å². The number of pyridine rings is 1. The van der Waals surface area contributed by atoms with Crippen LogP contribution in [0, 0.1) is 0 Å². The molecule has 3 heterocycles. The molecule has 0 fully saturated rings. The molecule has 0 aliphatic rings. The maximum absolute atomic E-state index is 6.75. The van der Waals surface area contributed by atoms with E-state index in [9.17, 15) is 0 Å². The minimum atomic E-state index is 0.699. The zero-order chi connectivity index (χ0) is 33.7. The van der Waals surface area contributed by atoms with E-state index in [4.69, 9.17) is 19.4 Å². The van der Waals surface area contributed by atoms with E-state index in [1.54, 1.807) is 0 Å². The largest absolute Gasteiger partial charge is 0.455 e. The monoisotopic (exact) mass is 651 g/mol. The molecule has 4 heteroatoms. The van der Waals surface area contributed by atoms with Crippen molar-refractivity contribution in [1.82, 2.24) is 15.0 Å². The number of aromatic nitrogens is 3. The van der Waals surface area contributed by atoms with E-state index in [-0.39, 0.29) is 0 Å². The van der Waals surface area contributed by atoms with Gasteiger partial charge in [0.15, 0.2) is 5.82 Å². The highest BCUT2D eigenvalue weighted by Gasteiger charge is 2.21. The molecule has 7 aromatic carbocycles. The summed E-state index contributed by atoms with van der Waals surface area (Å²) in [6.45, 7) is 0. The topological polar surface area (TPSA) is 51.8 Å². The number of para-hydroxylation sites is 1. The van der Waals surface area contributed by atoms with Crippen molar-refractivity contribution in [3.63, 3.8) is 0 Å². The van der Waals surface area contributed by atoms with E-state index in [1.807, 2.05) is 48.5 Å². The summed E-state index contributed by atoms with van der Waals surface area (Å²) in [4.78, 5) is 15.4. The van der Waals surface area contributed by atoms with E-state index in [0.29, 0.717) is 5.82 Å². The van der Waals surface area contributed by atoms with Crippen molar-refractivity contribution in [2.75, 3.05) is 0 Å². The van der Waals surface area contributed by atoms with Gasteiger partial charge < -0.3 is 4.42 Å². The van der Waals surface area contributed by atoms with Gasteiger partial charge in [0.2, 0.25) is 0 Å². The number of hydrogen-bond acceptors (Lipinski definition) is 4. The zero-order valence-corrected chi connectivity index (χ0v) is 27.5. The van der Waals surface area contributed by atoms with Gasteiger partial charge in [-0.1, -0.05) is 158 Å². The Bertz CT molecular complexity index is 2830. The number of hydrogen-bond donors (Lipinski definition) is 0. The molecule has 0 aliphatic carbocycles. The summed E-state index contributed by atoms with van der Waals surface area (Å²) in [6.07, 6.45) is 0. The Morgan fingerprint density at radius 1 is 0.392 bits per heavy atom. The second-order valence-electron chi connectivity index (χ2n) is 12.8. The van der Waals surface area contributed by atoms with Crippen LogP contribution < -0.4 is 0 Å². The Labute approximate surface area is 294 Å². The Morgan fingerprint density at radius 3 is 1.76 bits per heavy atom. The third-order valence-electron chi connectivity index (χ3n) is 9.70. The van der Waals surface area contributed by atoms with E-state index >= 15 is 0 Å². The van der Waals surface area contributed by atoms with Crippen LogP contribution in [0.2, 0.25) is 0 Å². The highest BCUT2D eigenvalue weighted by Crippen LogP contribution is 2.44. The van der Waals surface area contributed by atoms with Gasteiger partial charge in [-0.25, -0.2) is 15.0 Å². The average Bonchev–Trinajstić information content (AvgIpc) is 3.61. The van der Waals surface area contributed by atoms with Crippen molar-refractivity contribution in [3.8, 4) is 56.3 Å². The lowest BCUT2D eigenvalue weighted by molar-refractivity contribution is 0.672. The van der Waals surface area contributed by atoms with Crippen molar-refractivity contribution in [2.45, 2.75) is 0 Å². The van der Waals surface area contributed by atoms with Gasteiger partial charge >= 0.3 is 0 Å². The number of benzene rings is 7. The van der Waals surface area contributed by atoms with Crippen LogP contribution in [0.15, 0.2) is 180 Å². The van der Waals surface area contributed by atoms with Crippen LogP contribution in [0.4, 0.5) is 0 Å². The van der Waals surface area contributed by atoms with E-state index in [1.165, 1.54) is 10.8 Å². The lowest BCUT2D eigenvalue weighted by Crippen LogP contribution is -1.96. The Kier molecular flexibility index (Phi) is 6.78. The summed E-state index contributed by atoms with van der Waals surface area (Å²) in [5.41, 5.74) is 11.6. The maximum atomic E-state index is 6.75. The molecule has 0 spiro atoms. The fourth-order valence-corrected chi connectivity index (χ4v) is 7.26. The molecule has 51 heavy (non-hydrogen) atoms. The van der Waals surface area contributed by atoms with Crippen LogP contribution in [0.1, 0.15) is 0 Å². The van der Waals surface area contributed by atoms with Gasteiger partial charge in [-0.15, -0.1) is 0 Å². The van der Waals surface area contributed by atoms with E-state index in [2.05, 4.69) is 127 Å². The second kappa shape index (κ2) is 11.9. The molecule has 3 aromatic heterocycles. The van der Waals surface area contributed by atoms with Crippen LogP contribution in [0.5, 0.6) is 0 Å². The third-order valence-corrected chi connectivity index (χ3v) is 9.70. The highest BCUT2D eigenvalue weighted by molar-refractivity contribution is 6.23. The molecule has 4 nitrogen and oxygen atoms in total. The summed E-state index contributed by atoms with van der Waals surface area (Å²) in [5.74, 6) is 0.699. The minimum Gasteiger partial charge on any atom is -0.455 e. The number of furan rings is 1. The van der Waals surface area contributed by atoms with Crippen LogP contribution in [-0.2, 0) is 0 Å². The normalized spacial score (nSPS) is 11.5. The van der Waals surface area contributed by atoms with Crippen molar-refractivity contribution < 1.29 is 4.42 Å². The first kappa shape index (κ1) is 29.0. The van der Waals surface area contributed by atoms with E-state index < -0.39 is 0 Å². The number of nitrogens with zero attached hydrogens (tertiary/aromatic N) is 3. The zero-order valence-electron chi connectivity index (χ0n) is 27.5. The molecular formula is C47H29N3O. The molecule has 0 unspecified atom stereocenters. The first-order chi connectivity index (χ1) is 25.3. The average molecular weight is 652 g/mol. The molecule has 0 saturated heterocycles. The fraction of sp³-hybridized carbons (Fsp3) is 0. The van der Waals surface area contributed by atoms with Crippen LogP contribution >= 0.6 is 0 Å². The molecule has 0 amide bonds. The Morgan fingerprint density at radius 2 is 0.980 bits per heavy atom. The molecule has 0 saturated carbocycles. The van der Waals surface area contributed by atoms with Gasteiger partial charge in [0.1, 0.15) is 11.2 Å². The van der Waals surface area contributed by atoms with Crippen molar-refractivity contribution in [1.29, 1.82) is 0 Å². The molecule has 0 bridgehead atoms. The minimum absolute atomic E-state index is 0.699. The Hall–Kier alpha value is -6.91. The molecule has 238 valence electrons. The number of rotatable bonds is 5. The molecule has 10 rings (SSSR count). The lowest BCUT2D eigenvalue weighted by Gasteiger charge is -2.13. The summed E-state index contributed by atoms with van der Waals surface area (Å²) >= 11 is 0. The summed E-state index contributed by atoms with van der Waals surface area (Å²) < 4.78 is 6.75. The van der Waals surface area contributed by atoms with Gasteiger partial charge in [-0.3, -0.25) is 0 Å². The summed E-state index contributed by atoms with van der Waals surface area (Å²) in [6, 6.07) is 60.7. The Balaban J connectivity index is 1.15. The first-order valence-corrected chi connectivity index (χ1v) is 17.1. The predicted octanol–water partition coefficient (Wildman–Crippen LogP) is 12.4. The molecule has 10 aromatic rings. The van der Waals surface area contributed by atoms with Crippen LogP contribution in [0.25, 0.3) is 99.9 Å². The van der Waals surface area contributed by atoms with Crippen LogP contribution in [-0.4, -0.2) is 15.0 Å². The van der Waals surface area contributed by atoms with Gasteiger partial charge in [0, 0.05) is 27.6 Å². The molecule has 0 aliphatic heterocycles. The molecule has 0 radical (unpaired) electrons. The highest BCUT2D eigenvalue weighted by atomic mass is 16.3. The second-order valence-corrected chi connectivity index (χ2v) is 12.8. The van der Waals surface area contributed by atoms with Crippen molar-refractivity contribution >= 4 is 43.6 Å². The first-order valence-electron chi connectivity index (χ1n) is 17.1. The van der Waals surface area contributed by atoms with Gasteiger partial charge in [0.25, 0.3) is 0 Å². The standard InChI is InChI=1S/C47H29N3O/c1-3-14-32(15-4-1)40-29-41(50-47(49-40)34-16-5-2-6-17-34)33-27-25-31(26-28-33)36-21-12-23-39-43(36)46-44(38-20-9-10-24-42(38)51-46)45(48-39)37-22-11-18-30-13-7-8-19-35(30)37/h1-29H. The summed E-state index contributed by atoms with van der Waals surface area (Å²) in [7, 11) is 0. The molecule has 0 N–H and O–H groups in total. The predicted molar refractivity (Wildman–Crippen MR) is 209 cm³/mol. The molecule has 0 atom stereocenters. The fourth-order valence-electron chi connectivity index (χ4n) is 7.26. The van der Waals surface area contributed by atoms with E-state index in [0.717, 1.165) is 83.3 Å². The van der Waals surface area contributed by atoms with Crippen LogP contribution in [0.3, 0.4) is 0 Å². The lowest BCUT2D eigenvalue weighted by atomic mass is 9.94. The SMILES string of the molecule is c1ccc(-c2cc(-c3ccc(-c4cccc5nc(-c6cccc7ccccc67)c6c7ccccc7oc6c45)cc3)nc(-c3ccccc3)n2)cc1. The van der Waals surface area contributed by atoms with Gasteiger partial charge in [-0.05, 0) is 40.1 Å². The maximum Gasteiger partial charge on any atom is 0.160 e. The summed E-state index contributed by atoms with van der Waals surface area (Å²) in [5, 5.41) is 5.44. The number of fused-ring (bicyclic) bond motifs is 6. The molecular weight excluding hydrogens is 623 g/mol. The smallest absolute Gasteiger partial charge is 0.160 e. The van der Waals surface area contributed by atoms with Crippen molar-refractivity contribution in [2.24, 2.45) is 0 Å².